The molecule has 0 aliphatic rings. The Hall–Kier alpha value is -5.88. The van der Waals surface area contributed by atoms with Gasteiger partial charge in [0.15, 0.2) is 0 Å². The molecular weight excluding hydrogens is 876 g/mol. The van der Waals surface area contributed by atoms with Crippen LogP contribution in [0.5, 0.6) is 0 Å². The molecule has 0 fully saturated rings. The Balaban J connectivity index is -0.000000467. The summed E-state index contributed by atoms with van der Waals surface area (Å²) < 4.78 is 126. The van der Waals surface area contributed by atoms with Crippen LogP contribution in [0.25, 0.3) is 0 Å². The molecule has 2 rings (SSSR count). The Labute approximate surface area is 336 Å². The Morgan fingerprint density at radius 3 is 0.869 bits per heavy atom. The van der Waals surface area contributed by atoms with Gasteiger partial charge in [-0.05, 0) is 69.7 Å². The van der Waals surface area contributed by atoms with E-state index in [0.717, 1.165) is 69.7 Å². The van der Waals surface area contributed by atoms with Crippen molar-refractivity contribution in [2.45, 2.75) is 57.1 Å². The van der Waals surface area contributed by atoms with Crippen LogP contribution in [0.15, 0.2) is 48.5 Å². The van der Waals surface area contributed by atoms with Gasteiger partial charge in [-0.2, -0.15) is 52.7 Å². The third kappa shape index (κ3) is 39.4. The summed E-state index contributed by atoms with van der Waals surface area (Å²) >= 11 is 0. The van der Waals surface area contributed by atoms with E-state index in [2.05, 4.69) is 21.3 Å². The lowest BCUT2D eigenvalue weighted by Gasteiger charge is -2.08. The highest BCUT2D eigenvalue weighted by Gasteiger charge is 2.58. The summed E-state index contributed by atoms with van der Waals surface area (Å²) in [5.74, 6) is -5.51. The maximum Gasteiger partial charge on any atom is 0.490 e. The molecule has 0 aromatic heterocycles. The standard InChI is InChI=1S/C23H34N6O4.C2F6.2C2HF3O2.2CH2O2/c30-28(31)22-8-4-20(5-9-22)18-26-16-2-14-24-12-1-13-25-15-3-17-27-19-21-6-10-23(11-7-21)29(32)33;3-1(4,5)2(6,7)8;2*3-2(4,5)1(6)7;2*2-1-3/h4-11,24-27H,1-3,12-19H2;;2*(H,6,7);2*1H,(H,2,3). The maximum absolute atomic E-state index is 10.6. The van der Waals surface area contributed by atoms with E-state index in [0.29, 0.717) is 13.1 Å². The summed E-state index contributed by atoms with van der Waals surface area (Å²) in [4.78, 5) is 55.0. The third-order valence-corrected chi connectivity index (χ3v) is 5.88. The minimum Gasteiger partial charge on any atom is -0.483 e. The summed E-state index contributed by atoms with van der Waals surface area (Å²) in [6, 6.07) is 13.3. The summed E-state index contributed by atoms with van der Waals surface area (Å²) in [5, 5.41) is 62.9. The lowest BCUT2D eigenvalue weighted by Crippen LogP contribution is -2.30. The molecule has 18 nitrogen and oxygen atoms in total. The van der Waals surface area contributed by atoms with E-state index in [1.54, 1.807) is 24.3 Å². The Bertz CT molecular complexity index is 1400. The van der Waals surface area contributed by atoms with Gasteiger partial charge in [0.25, 0.3) is 24.3 Å². The van der Waals surface area contributed by atoms with E-state index >= 15 is 0 Å². The average Bonchev–Trinajstić information content (AvgIpc) is 3.13. The fourth-order valence-electron chi connectivity index (χ4n) is 3.20. The first-order valence-corrected chi connectivity index (χ1v) is 16.2. The lowest BCUT2D eigenvalue weighted by molar-refractivity contribution is -0.385. The predicted octanol–water partition coefficient (Wildman–Crippen LogP) is 5.51. The number of non-ortho nitro benzene ring substituents is 2. The molecular formula is C31H40F12N6O12. The molecule has 0 saturated heterocycles. The molecule has 0 amide bonds. The highest BCUT2D eigenvalue weighted by molar-refractivity contribution is 5.73. The van der Waals surface area contributed by atoms with E-state index in [1.165, 1.54) is 24.3 Å². The van der Waals surface area contributed by atoms with Crippen molar-refractivity contribution in [3.8, 4) is 0 Å². The van der Waals surface area contributed by atoms with Gasteiger partial charge in [0.1, 0.15) is 0 Å². The molecule has 0 radical (unpaired) electrons. The van der Waals surface area contributed by atoms with Crippen LogP contribution >= 0.6 is 0 Å². The fourth-order valence-corrected chi connectivity index (χ4v) is 3.20. The van der Waals surface area contributed by atoms with Crippen molar-refractivity contribution in [1.82, 2.24) is 21.3 Å². The van der Waals surface area contributed by atoms with E-state index < -0.39 is 36.6 Å². The van der Waals surface area contributed by atoms with Crippen molar-refractivity contribution >= 4 is 36.3 Å². The van der Waals surface area contributed by atoms with Gasteiger partial charge in [-0.3, -0.25) is 29.8 Å². The number of alkyl halides is 12. The molecule has 2 aromatic rings. The number of nitrogens with zero attached hydrogens (tertiary/aromatic N) is 2. The van der Waals surface area contributed by atoms with E-state index in [-0.39, 0.29) is 34.2 Å². The molecule has 30 heteroatoms. The van der Waals surface area contributed by atoms with Crippen molar-refractivity contribution in [3.05, 3.63) is 79.9 Å². The zero-order chi connectivity index (χ0) is 48.3. The van der Waals surface area contributed by atoms with Gasteiger partial charge in [-0.1, -0.05) is 24.3 Å². The number of carbonyl (C=O) groups is 4. The molecule has 0 spiro atoms. The minimum atomic E-state index is -6.06. The van der Waals surface area contributed by atoms with Crippen LogP contribution in [0.2, 0.25) is 0 Å². The lowest BCUT2D eigenvalue weighted by atomic mass is 10.2. The van der Waals surface area contributed by atoms with E-state index in [4.69, 9.17) is 39.6 Å². The van der Waals surface area contributed by atoms with Crippen molar-refractivity contribution in [2.24, 2.45) is 0 Å². The molecule has 0 heterocycles. The van der Waals surface area contributed by atoms with Gasteiger partial charge in [0.2, 0.25) is 0 Å². The normalized spacial score (nSPS) is 10.8. The predicted molar refractivity (Wildman–Crippen MR) is 186 cm³/mol. The van der Waals surface area contributed by atoms with Gasteiger partial charge in [0, 0.05) is 37.4 Å². The molecule has 8 N–H and O–H groups in total. The van der Waals surface area contributed by atoms with Gasteiger partial charge < -0.3 is 41.7 Å². The van der Waals surface area contributed by atoms with Crippen LogP contribution < -0.4 is 21.3 Å². The smallest absolute Gasteiger partial charge is 0.483 e. The number of carboxylic acid groups (broad SMARTS) is 4. The zero-order valence-electron chi connectivity index (χ0n) is 31.0. The monoisotopic (exact) mass is 916 g/mol. The van der Waals surface area contributed by atoms with E-state index in [9.17, 15) is 72.9 Å². The molecule has 2 aromatic carbocycles. The highest BCUT2D eigenvalue weighted by Crippen LogP contribution is 2.35. The highest BCUT2D eigenvalue weighted by atomic mass is 19.5. The quantitative estimate of drug-likeness (QED) is 0.0301. The molecule has 0 atom stereocenters. The minimum absolute atomic E-state index is 0.119. The fraction of sp³-hybridized carbons (Fsp3) is 0.484. The first kappa shape index (κ1) is 61.8. The van der Waals surface area contributed by atoms with Crippen molar-refractivity contribution in [3.63, 3.8) is 0 Å². The number of halogens is 12. The second kappa shape index (κ2) is 33.9. The maximum atomic E-state index is 10.6. The number of aliphatic carboxylic acids is 2. The SMILES string of the molecule is FC(F)(F)C(F)(F)F.O=C(O)C(F)(F)F.O=C(O)C(F)(F)F.O=CO.O=CO.O=[N+]([O-])c1ccc(CNCCCNCCCNCCCNCc2ccc([N+](=O)[O-])cc2)cc1. The molecule has 0 saturated carbocycles. The van der Waals surface area contributed by atoms with Crippen LogP contribution in [0.3, 0.4) is 0 Å². The molecule has 0 aliphatic heterocycles. The number of nitrogens with one attached hydrogen (secondary N) is 4. The second-order valence-corrected chi connectivity index (χ2v) is 10.6. The Morgan fingerprint density at radius 1 is 0.508 bits per heavy atom. The number of carboxylic acids is 2. The van der Waals surface area contributed by atoms with Crippen LogP contribution in [-0.2, 0) is 32.3 Å². The average molecular weight is 917 g/mol. The topological polar surface area (TPSA) is 284 Å². The van der Waals surface area contributed by atoms with Gasteiger partial charge in [-0.25, -0.2) is 9.59 Å². The number of hydrogen-bond donors (Lipinski definition) is 8. The van der Waals surface area contributed by atoms with Crippen molar-refractivity contribution in [1.29, 1.82) is 0 Å². The molecule has 0 aliphatic carbocycles. The third-order valence-electron chi connectivity index (χ3n) is 5.88. The molecule has 0 bridgehead atoms. The van der Waals surface area contributed by atoms with Gasteiger partial charge >= 0.3 is 36.6 Å². The summed E-state index contributed by atoms with van der Waals surface area (Å²) in [5.41, 5.74) is 2.32. The molecule has 0 unspecified atom stereocenters. The number of hydrogen-bond acceptors (Lipinski definition) is 12. The zero-order valence-corrected chi connectivity index (χ0v) is 31.0. The van der Waals surface area contributed by atoms with Crippen molar-refractivity contribution in [2.75, 3.05) is 39.3 Å². The molecule has 61 heavy (non-hydrogen) atoms. The molecule has 350 valence electrons. The van der Waals surface area contributed by atoms with Crippen LogP contribution in [0.1, 0.15) is 30.4 Å². The van der Waals surface area contributed by atoms with Gasteiger partial charge in [0.05, 0.1) is 9.85 Å². The first-order chi connectivity index (χ1) is 28.0. The van der Waals surface area contributed by atoms with Crippen LogP contribution in [0, 0.1) is 20.2 Å². The van der Waals surface area contributed by atoms with Crippen LogP contribution in [0.4, 0.5) is 64.1 Å². The number of nitro groups is 2. The second-order valence-electron chi connectivity index (χ2n) is 10.6. The summed E-state index contributed by atoms with van der Waals surface area (Å²) in [6.07, 6.45) is -19.2. The largest absolute Gasteiger partial charge is 0.490 e. The summed E-state index contributed by atoms with van der Waals surface area (Å²) in [7, 11) is 0. The van der Waals surface area contributed by atoms with Gasteiger partial charge in [-0.15, -0.1) is 0 Å². The number of rotatable bonds is 18. The Morgan fingerprint density at radius 2 is 0.705 bits per heavy atom. The number of nitro benzene ring substituents is 2. The van der Waals surface area contributed by atoms with E-state index in [1.807, 2.05) is 0 Å². The van der Waals surface area contributed by atoms with Crippen molar-refractivity contribution < 1.29 is 102 Å². The van der Waals surface area contributed by atoms with Crippen LogP contribution in [-0.4, -0.2) is 119 Å². The Kier molecular flexibility index (Phi) is 34.3. The summed E-state index contributed by atoms with van der Waals surface area (Å²) in [6.45, 7) is 6.60. The number of benzene rings is 2. The first-order valence-electron chi connectivity index (χ1n) is 16.2.